The molecule has 0 saturated heterocycles. The van der Waals surface area contributed by atoms with Gasteiger partial charge in [-0.05, 0) is 50.1 Å². The lowest BCUT2D eigenvalue weighted by atomic mass is 10.1. The first-order valence-corrected chi connectivity index (χ1v) is 10.2. The third-order valence-corrected chi connectivity index (χ3v) is 5.33. The van der Waals surface area contributed by atoms with Crippen LogP contribution >= 0.6 is 0 Å². The molecule has 0 atom stereocenters. The van der Waals surface area contributed by atoms with E-state index in [9.17, 15) is 14.7 Å². The number of benzene rings is 2. The smallest absolute Gasteiger partial charge is 0.341 e. The van der Waals surface area contributed by atoms with Crippen LogP contribution < -0.4 is 15.5 Å². The van der Waals surface area contributed by atoms with Crippen molar-refractivity contribution in [2.75, 3.05) is 5.32 Å². The Morgan fingerprint density at radius 2 is 1.94 bits per heavy atom. The molecule has 0 amide bonds. The number of carbonyl (C=O) groups is 1. The number of hydrogen-bond donors (Lipinski definition) is 2. The van der Waals surface area contributed by atoms with Crippen molar-refractivity contribution in [1.82, 2.24) is 14.5 Å². The second kappa shape index (κ2) is 7.81. The van der Waals surface area contributed by atoms with E-state index in [1.165, 1.54) is 6.20 Å². The lowest BCUT2D eigenvalue weighted by Gasteiger charge is -2.13. The van der Waals surface area contributed by atoms with Crippen LogP contribution in [0.25, 0.3) is 10.9 Å². The minimum Gasteiger partial charge on any atom is -0.477 e. The van der Waals surface area contributed by atoms with Gasteiger partial charge in [0.05, 0.1) is 5.52 Å². The number of rotatable bonds is 6. The van der Waals surface area contributed by atoms with Gasteiger partial charge in [-0.2, -0.15) is 4.98 Å². The number of pyridine rings is 1. The molecule has 2 N–H and O–H groups in total. The lowest BCUT2D eigenvalue weighted by molar-refractivity contribution is 0.0695. The van der Waals surface area contributed by atoms with Crippen molar-refractivity contribution < 1.29 is 14.6 Å². The van der Waals surface area contributed by atoms with Crippen molar-refractivity contribution in [3.8, 4) is 11.6 Å². The summed E-state index contributed by atoms with van der Waals surface area (Å²) in [5.41, 5.74) is 1.80. The molecule has 1 fully saturated rings. The van der Waals surface area contributed by atoms with Crippen LogP contribution in [-0.2, 0) is 0 Å². The van der Waals surface area contributed by atoms with Crippen LogP contribution in [-0.4, -0.2) is 25.6 Å². The summed E-state index contributed by atoms with van der Waals surface area (Å²) < 4.78 is 7.68. The monoisotopic (exact) mass is 428 g/mol. The van der Waals surface area contributed by atoms with Crippen LogP contribution in [0.3, 0.4) is 0 Å². The van der Waals surface area contributed by atoms with E-state index in [1.54, 1.807) is 24.4 Å². The van der Waals surface area contributed by atoms with Crippen LogP contribution in [0.1, 0.15) is 34.8 Å². The summed E-state index contributed by atoms with van der Waals surface area (Å²) in [6, 6.07) is 14.7. The van der Waals surface area contributed by atoms with Crippen molar-refractivity contribution >= 4 is 28.5 Å². The average Bonchev–Trinajstić information content (AvgIpc) is 3.61. The zero-order valence-electron chi connectivity index (χ0n) is 17.3. The molecule has 5 rings (SSSR count). The standard InChI is InChI=1S/C24H20N4O4/c1-14-2-7-17(8-3-14)32-21-10-11-25-24(27-21)26-15-4-9-18-20(12-15)28(16-5-6-16)13-19(22(18)29)23(30)31/h2-4,7-13,16H,5-6H2,1H3,(H,30,31)(H,25,26,27). The molecule has 0 unspecified atom stereocenters. The van der Waals surface area contributed by atoms with Gasteiger partial charge in [0.25, 0.3) is 0 Å². The quantitative estimate of drug-likeness (QED) is 0.460. The summed E-state index contributed by atoms with van der Waals surface area (Å²) in [4.78, 5) is 32.8. The van der Waals surface area contributed by atoms with Gasteiger partial charge in [-0.1, -0.05) is 17.7 Å². The molecular weight excluding hydrogens is 408 g/mol. The molecule has 32 heavy (non-hydrogen) atoms. The Kier molecular flexibility index (Phi) is 4.82. The normalized spacial score (nSPS) is 13.2. The molecule has 1 saturated carbocycles. The number of nitrogens with one attached hydrogen (secondary N) is 1. The Hall–Kier alpha value is -4.20. The second-order valence-corrected chi connectivity index (χ2v) is 7.81. The van der Waals surface area contributed by atoms with E-state index in [4.69, 9.17) is 4.74 Å². The maximum absolute atomic E-state index is 12.6. The molecule has 2 aromatic carbocycles. The number of anilines is 2. The molecule has 1 aliphatic carbocycles. The fourth-order valence-electron chi connectivity index (χ4n) is 3.55. The van der Waals surface area contributed by atoms with Crippen molar-refractivity contribution in [2.45, 2.75) is 25.8 Å². The molecular formula is C24H20N4O4. The highest BCUT2D eigenvalue weighted by Crippen LogP contribution is 2.37. The number of fused-ring (bicyclic) bond motifs is 1. The zero-order chi connectivity index (χ0) is 22.2. The van der Waals surface area contributed by atoms with E-state index in [0.717, 1.165) is 18.4 Å². The fraction of sp³-hybridized carbons (Fsp3) is 0.167. The highest BCUT2D eigenvalue weighted by atomic mass is 16.5. The SMILES string of the molecule is Cc1ccc(Oc2ccnc(Nc3ccc4c(=O)c(C(=O)O)cn(C5CC5)c4c3)n2)cc1. The van der Waals surface area contributed by atoms with E-state index in [1.807, 2.05) is 41.8 Å². The van der Waals surface area contributed by atoms with E-state index in [2.05, 4.69) is 15.3 Å². The first-order chi connectivity index (χ1) is 15.5. The predicted octanol–water partition coefficient (Wildman–Crippen LogP) is 4.67. The molecule has 160 valence electrons. The number of ether oxygens (including phenoxy) is 1. The number of aromatic nitrogens is 3. The molecule has 8 nitrogen and oxygen atoms in total. The molecule has 8 heteroatoms. The zero-order valence-corrected chi connectivity index (χ0v) is 17.3. The number of hydrogen-bond acceptors (Lipinski definition) is 6. The van der Waals surface area contributed by atoms with Gasteiger partial charge in [0.15, 0.2) is 0 Å². The molecule has 2 heterocycles. The summed E-state index contributed by atoms with van der Waals surface area (Å²) in [7, 11) is 0. The topological polar surface area (TPSA) is 106 Å². The summed E-state index contributed by atoms with van der Waals surface area (Å²) in [6.07, 6.45) is 4.95. The van der Waals surface area contributed by atoms with Crippen molar-refractivity contribution in [3.63, 3.8) is 0 Å². The number of aromatic carboxylic acids is 1. The Morgan fingerprint density at radius 3 is 2.66 bits per heavy atom. The van der Waals surface area contributed by atoms with E-state index >= 15 is 0 Å². The van der Waals surface area contributed by atoms with Crippen LogP contribution in [0.15, 0.2) is 65.7 Å². The van der Waals surface area contributed by atoms with Gasteiger partial charge in [-0.25, -0.2) is 9.78 Å². The van der Waals surface area contributed by atoms with Crippen LogP contribution in [0.5, 0.6) is 11.6 Å². The first kappa shape index (κ1) is 19.7. The minimum atomic E-state index is -1.22. The van der Waals surface area contributed by atoms with Crippen LogP contribution in [0, 0.1) is 6.92 Å². The highest BCUT2D eigenvalue weighted by Gasteiger charge is 2.26. The van der Waals surface area contributed by atoms with Gasteiger partial charge < -0.3 is 19.7 Å². The van der Waals surface area contributed by atoms with Crippen molar-refractivity contribution in [2.24, 2.45) is 0 Å². The largest absolute Gasteiger partial charge is 0.477 e. The maximum atomic E-state index is 12.6. The number of nitrogens with zero attached hydrogens (tertiary/aromatic N) is 3. The first-order valence-electron chi connectivity index (χ1n) is 10.2. The summed E-state index contributed by atoms with van der Waals surface area (Å²) >= 11 is 0. The Bertz CT molecular complexity index is 1390. The summed E-state index contributed by atoms with van der Waals surface area (Å²) in [5.74, 6) is 0.200. The molecule has 1 aliphatic rings. The average molecular weight is 428 g/mol. The maximum Gasteiger partial charge on any atom is 0.341 e. The minimum absolute atomic E-state index is 0.203. The van der Waals surface area contributed by atoms with Crippen molar-refractivity contribution in [3.05, 3.63) is 82.3 Å². The van der Waals surface area contributed by atoms with Crippen LogP contribution in [0.2, 0.25) is 0 Å². The van der Waals surface area contributed by atoms with Crippen LogP contribution in [0.4, 0.5) is 11.6 Å². The Labute approximate surface area is 183 Å². The Balaban J connectivity index is 1.46. The Morgan fingerprint density at radius 1 is 1.16 bits per heavy atom. The number of carboxylic acids is 1. The van der Waals surface area contributed by atoms with Crippen molar-refractivity contribution in [1.29, 1.82) is 0 Å². The molecule has 0 spiro atoms. The van der Waals surface area contributed by atoms with E-state index in [-0.39, 0.29) is 11.6 Å². The second-order valence-electron chi connectivity index (χ2n) is 7.81. The molecule has 0 radical (unpaired) electrons. The number of aryl methyl sites for hydroxylation is 1. The molecule has 0 bridgehead atoms. The van der Waals surface area contributed by atoms with Gasteiger partial charge in [-0.3, -0.25) is 4.79 Å². The summed E-state index contributed by atoms with van der Waals surface area (Å²) in [6.45, 7) is 2.01. The third-order valence-electron chi connectivity index (χ3n) is 5.33. The fourth-order valence-corrected chi connectivity index (χ4v) is 3.55. The summed E-state index contributed by atoms with van der Waals surface area (Å²) in [5, 5.41) is 12.9. The van der Waals surface area contributed by atoms with Gasteiger partial charge >= 0.3 is 5.97 Å². The predicted molar refractivity (Wildman–Crippen MR) is 120 cm³/mol. The van der Waals surface area contributed by atoms with Gasteiger partial charge in [-0.15, -0.1) is 0 Å². The number of carboxylic acid groups (broad SMARTS) is 1. The van der Waals surface area contributed by atoms with E-state index in [0.29, 0.717) is 34.2 Å². The van der Waals surface area contributed by atoms with E-state index < -0.39 is 11.4 Å². The van der Waals surface area contributed by atoms with Gasteiger partial charge in [0.2, 0.25) is 17.3 Å². The highest BCUT2D eigenvalue weighted by molar-refractivity contribution is 5.93. The van der Waals surface area contributed by atoms with Gasteiger partial charge in [0, 0.05) is 35.6 Å². The molecule has 0 aliphatic heterocycles. The van der Waals surface area contributed by atoms with Gasteiger partial charge in [0.1, 0.15) is 11.3 Å². The molecule has 2 aromatic heterocycles. The third kappa shape index (κ3) is 3.90. The molecule has 4 aromatic rings. The lowest BCUT2D eigenvalue weighted by Crippen LogP contribution is -2.18.